The van der Waals surface area contributed by atoms with Crippen molar-refractivity contribution < 1.29 is 4.39 Å². The van der Waals surface area contributed by atoms with E-state index in [2.05, 4.69) is 17.2 Å². The van der Waals surface area contributed by atoms with Crippen LogP contribution in [-0.2, 0) is 12.8 Å². The first-order valence-electron chi connectivity index (χ1n) is 7.26. The van der Waals surface area contributed by atoms with E-state index in [0.29, 0.717) is 0 Å². The van der Waals surface area contributed by atoms with Gasteiger partial charge in [-0.3, -0.25) is 4.98 Å². The average Bonchev–Trinajstić information content (AvgIpc) is 2.49. The average molecular weight is 307 g/mol. The largest absolute Gasteiger partial charge is 0.313 e. The predicted molar refractivity (Wildman–Crippen MR) is 85.1 cm³/mol. The lowest BCUT2D eigenvalue weighted by Crippen LogP contribution is -2.34. The maximum absolute atomic E-state index is 13.5. The smallest absolute Gasteiger partial charge is 0.142 e. The maximum Gasteiger partial charge on any atom is 0.142 e. The molecule has 0 amide bonds. The fourth-order valence-electron chi connectivity index (χ4n) is 2.29. The molecule has 2 rings (SSSR count). The van der Waals surface area contributed by atoms with Gasteiger partial charge in [-0.05, 0) is 49.2 Å². The van der Waals surface area contributed by atoms with Crippen LogP contribution >= 0.6 is 11.6 Å². The van der Waals surface area contributed by atoms with Gasteiger partial charge in [-0.2, -0.15) is 0 Å². The van der Waals surface area contributed by atoms with Crippen LogP contribution in [0.3, 0.4) is 0 Å². The summed E-state index contributed by atoms with van der Waals surface area (Å²) in [7, 11) is 0. The predicted octanol–water partition coefficient (Wildman–Crippen LogP) is 4.03. The van der Waals surface area contributed by atoms with Crippen molar-refractivity contribution in [2.45, 2.75) is 32.2 Å². The Labute approximate surface area is 130 Å². The normalized spacial score (nSPS) is 12.3. The van der Waals surface area contributed by atoms with E-state index in [-0.39, 0.29) is 16.9 Å². The molecule has 1 atom stereocenters. The van der Waals surface area contributed by atoms with Crippen molar-refractivity contribution in [2.24, 2.45) is 0 Å². The van der Waals surface area contributed by atoms with Crippen molar-refractivity contribution in [3.8, 4) is 0 Å². The van der Waals surface area contributed by atoms with E-state index in [1.54, 1.807) is 12.3 Å². The fourth-order valence-corrected chi connectivity index (χ4v) is 2.40. The molecule has 0 spiro atoms. The number of halogens is 2. The summed E-state index contributed by atoms with van der Waals surface area (Å²) >= 11 is 5.73. The van der Waals surface area contributed by atoms with E-state index in [1.807, 2.05) is 24.3 Å². The molecule has 2 aromatic rings. The molecule has 0 saturated heterocycles. The molecule has 0 bridgehead atoms. The van der Waals surface area contributed by atoms with Gasteiger partial charge in [-0.1, -0.05) is 30.7 Å². The van der Waals surface area contributed by atoms with E-state index in [9.17, 15) is 4.39 Å². The highest BCUT2D eigenvalue weighted by Crippen LogP contribution is 2.17. The van der Waals surface area contributed by atoms with E-state index in [1.165, 1.54) is 6.07 Å². The molecule has 1 unspecified atom stereocenters. The first-order valence-corrected chi connectivity index (χ1v) is 7.64. The summed E-state index contributed by atoms with van der Waals surface area (Å²) in [5.74, 6) is -0.360. The molecule has 1 aromatic carbocycles. The second kappa shape index (κ2) is 8.11. The second-order valence-corrected chi connectivity index (χ2v) is 5.54. The van der Waals surface area contributed by atoms with E-state index < -0.39 is 0 Å². The Kier molecular flexibility index (Phi) is 6.15. The summed E-state index contributed by atoms with van der Waals surface area (Å²) < 4.78 is 13.5. The molecule has 1 N–H and O–H groups in total. The fraction of sp³-hybridized carbons (Fsp3) is 0.353. The molecule has 0 aliphatic rings. The van der Waals surface area contributed by atoms with Crippen LogP contribution in [0, 0.1) is 5.82 Å². The van der Waals surface area contributed by atoms with Gasteiger partial charge in [0.1, 0.15) is 5.82 Å². The third kappa shape index (κ3) is 5.10. The van der Waals surface area contributed by atoms with Gasteiger partial charge in [0.2, 0.25) is 0 Å². The molecule has 0 aliphatic carbocycles. The molecule has 1 aromatic heterocycles. The zero-order valence-electron chi connectivity index (χ0n) is 12.2. The lowest BCUT2D eigenvalue weighted by Gasteiger charge is -2.18. The van der Waals surface area contributed by atoms with Crippen molar-refractivity contribution in [1.29, 1.82) is 0 Å². The van der Waals surface area contributed by atoms with Gasteiger partial charge in [0, 0.05) is 24.4 Å². The molecule has 0 saturated carbocycles. The number of rotatable bonds is 7. The van der Waals surface area contributed by atoms with Crippen LogP contribution in [0.1, 0.15) is 24.6 Å². The second-order valence-electron chi connectivity index (χ2n) is 5.13. The maximum atomic E-state index is 13.5. The molecule has 112 valence electrons. The summed E-state index contributed by atoms with van der Waals surface area (Å²) in [6.07, 6.45) is 4.44. The van der Waals surface area contributed by atoms with E-state index in [4.69, 9.17) is 11.6 Å². The van der Waals surface area contributed by atoms with Crippen molar-refractivity contribution >= 4 is 11.6 Å². The summed E-state index contributed by atoms with van der Waals surface area (Å²) in [6.45, 7) is 3.07. The zero-order valence-corrected chi connectivity index (χ0v) is 12.9. The molecule has 0 radical (unpaired) electrons. The van der Waals surface area contributed by atoms with Gasteiger partial charge in [0.05, 0.1) is 5.02 Å². The number of hydrogen-bond donors (Lipinski definition) is 1. The van der Waals surface area contributed by atoms with Crippen molar-refractivity contribution in [2.75, 3.05) is 6.54 Å². The number of hydrogen-bond acceptors (Lipinski definition) is 2. The highest BCUT2D eigenvalue weighted by molar-refractivity contribution is 6.30. The summed E-state index contributed by atoms with van der Waals surface area (Å²) in [4.78, 5) is 4.36. The third-order valence-corrected chi connectivity index (χ3v) is 3.64. The zero-order chi connectivity index (χ0) is 15.1. The van der Waals surface area contributed by atoms with Gasteiger partial charge in [-0.25, -0.2) is 4.39 Å². The quantitative estimate of drug-likeness (QED) is 0.835. The van der Waals surface area contributed by atoms with Crippen LogP contribution in [0.4, 0.5) is 4.39 Å². The van der Waals surface area contributed by atoms with Crippen LogP contribution in [0.5, 0.6) is 0 Å². The van der Waals surface area contributed by atoms with Gasteiger partial charge >= 0.3 is 0 Å². The number of nitrogens with zero attached hydrogens (tertiary/aromatic N) is 1. The van der Waals surface area contributed by atoms with Crippen LogP contribution in [0.15, 0.2) is 42.6 Å². The van der Waals surface area contributed by atoms with Crippen LogP contribution in [0.2, 0.25) is 5.02 Å². The first-order chi connectivity index (χ1) is 10.2. The Morgan fingerprint density at radius 3 is 2.76 bits per heavy atom. The summed E-state index contributed by atoms with van der Waals surface area (Å²) in [5.41, 5.74) is 1.99. The standard InChI is InChI=1S/C17H20ClFN2/c1-2-8-20-15(12-14-5-3-4-9-21-14)10-13-6-7-16(18)17(19)11-13/h3-7,9,11,15,20H,2,8,10,12H2,1H3. The third-order valence-electron chi connectivity index (χ3n) is 3.33. The van der Waals surface area contributed by atoms with Gasteiger partial charge in [0.25, 0.3) is 0 Å². The number of pyridine rings is 1. The molecule has 1 heterocycles. The van der Waals surface area contributed by atoms with E-state index in [0.717, 1.165) is 37.1 Å². The Balaban J connectivity index is 2.06. The van der Waals surface area contributed by atoms with Crippen molar-refractivity contribution in [3.05, 3.63) is 64.7 Å². The number of nitrogens with one attached hydrogen (secondary N) is 1. The molecular weight excluding hydrogens is 287 g/mol. The highest BCUT2D eigenvalue weighted by Gasteiger charge is 2.12. The molecule has 0 aliphatic heterocycles. The van der Waals surface area contributed by atoms with Crippen LogP contribution in [0.25, 0.3) is 0 Å². The molecule has 4 heteroatoms. The van der Waals surface area contributed by atoms with Crippen LogP contribution < -0.4 is 5.32 Å². The highest BCUT2D eigenvalue weighted by atomic mass is 35.5. The minimum atomic E-state index is -0.360. The molecule has 0 fully saturated rings. The van der Waals surface area contributed by atoms with E-state index >= 15 is 0 Å². The minimum Gasteiger partial charge on any atom is -0.313 e. The topological polar surface area (TPSA) is 24.9 Å². The SMILES string of the molecule is CCCNC(Cc1ccc(Cl)c(F)c1)Cc1ccccn1. The first kappa shape index (κ1) is 15.9. The van der Waals surface area contributed by atoms with Crippen molar-refractivity contribution in [3.63, 3.8) is 0 Å². The number of aromatic nitrogens is 1. The number of benzene rings is 1. The minimum absolute atomic E-state index is 0.168. The molecular formula is C17H20ClFN2. The summed E-state index contributed by atoms with van der Waals surface area (Å²) in [6, 6.07) is 11.2. The molecule has 2 nitrogen and oxygen atoms in total. The van der Waals surface area contributed by atoms with Gasteiger partial charge < -0.3 is 5.32 Å². The lowest BCUT2D eigenvalue weighted by molar-refractivity contribution is 0.499. The lowest BCUT2D eigenvalue weighted by atomic mass is 10.0. The van der Waals surface area contributed by atoms with Crippen molar-refractivity contribution in [1.82, 2.24) is 10.3 Å². The Morgan fingerprint density at radius 2 is 2.10 bits per heavy atom. The van der Waals surface area contributed by atoms with Gasteiger partial charge in [-0.15, -0.1) is 0 Å². The van der Waals surface area contributed by atoms with Crippen LogP contribution in [-0.4, -0.2) is 17.6 Å². The Morgan fingerprint density at radius 1 is 1.24 bits per heavy atom. The molecule has 21 heavy (non-hydrogen) atoms. The Bertz CT molecular complexity index is 560. The Hall–Kier alpha value is -1.45. The van der Waals surface area contributed by atoms with Gasteiger partial charge in [0.15, 0.2) is 0 Å². The summed E-state index contributed by atoms with van der Waals surface area (Å²) in [5, 5.41) is 3.67. The monoisotopic (exact) mass is 306 g/mol.